The van der Waals surface area contributed by atoms with Gasteiger partial charge in [0.15, 0.2) is 0 Å². The van der Waals surface area contributed by atoms with Gasteiger partial charge in [-0.1, -0.05) is 0 Å². The lowest BCUT2D eigenvalue weighted by atomic mass is 9.92. The van der Waals surface area contributed by atoms with E-state index in [1.807, 2.05) is 18.0 Å². The molecule has 4 rings (SSSR count). The summed E-state index contributed by atoms with van der Waals surface area (Å²) in [6.45, 7) is 5.28. The third kappa shape index (κ3) is 5.07. The summed E-state index contributed by atoms with van der Waals surface area (Å²) < 4.78 is 13.3. The topological polar surface area (TPSA) is 86.6 Å². The first-order valence-corrected chi connectivity index (χ1v) is 9.68. The number of carboxylic acid groups (broad SMARTS) is 1. The summed E-state index contributed by atoms with van der Waals surface area (Å²) in [5.74, 6) is 0.339. The Labute approximate surface area is 169 Å². The lowest BCUT2D eigenvalue weighted by Crippen LogP contribution is -2.31. The number of carbonyl (C=O) groups excluding carboxylic acids is 1. The van der Waals surface area contributed by atoms with Crippen molar-refractivity contribution in [1.82, 2.24) is 14.9 Å². The Morgan fingerprint density at radius 3 is 2.34 bits per heavy atom. The van der Waals surface area contributed by atoms with Crippen LogP contribution in [0.5, 0.6) is 0 Å². The van der Waals surface area contributed by atoms with Crippen molar-refractivity contribution in [2.24, 2.45) is 11.8 Å². The number of aryl methyl sites for hydroxylation is 1. The summed E-state index contributed by atoms with van der Waals surface area (Å²) in [7, 11) is 0. The number of hydrogen-bond acceptors (Lipinski definition) is 5. The van der Waals surface area contributed by atoms with E-state index < -0.39 is 5.95 Å². The highest BCUT2D eigenvalue weighted by Crippen LogP contribution is 2.33. The first-order chi connectivity index (χ1) is 14.0. The molecule has 0 spiro atoms. The zero-order chi connectivity index (χ0) is 20.8. The van der Waals surface area contributed by atoms with Gasteiger partial charge in [0.05, 0.1) is 0 Å². The van der Waals surface area contributed by atoms with E-state index in [1.54, 1.807) is 6.07 Å². The minimum atomic E-state index is -0.604. The molecule has 2 aliphatic rings. The predicted molar refractivity (Wildman–Crippen MR) is 106 cm³/mol. The molecule has 4 heterocycles. The van der Waals surface area contributed by atoms with E-state index in [4.69, 9.17) is 9.90 Å². The van der Waals surface area contributed by atoms with Crippen LogP contribution in [0.1, 0.15) is 28.9 Å². The highest BCUT2D eigenvalue weighted by atomic mass is 19.1. The molecule has 0 unspecified atom stereocenters. The Hall–Kier alpha value is -3.03. The fraction of sp³-hybridized carbons (Fsp3) is 0.429. The molecule has 29 heavy (non-hydrogen) atoms. The largest absolute Gasteiger partial charge is 0.483 e. The maximum atomic E-state index is 13.3. The number of aromatic nitrogens is 2. The molecule has 154 valence electrons. The summed E-state index contributed by atoms with van der Waals surface area (Å²) in [6, 6.07) is 7.02. The molecule has 2 aliphatic heterocycles. The average Bonchev–Trinajstić information content (AvgIpc) is 3.01. The normalized spacial score (nSPS) is 20.9. The second-order valence-corrected chi connectivity index (χ2v) is 7.42. The Morgan fingerprint density at radius 1 is 1.14 bits per heavy atom. The fourth-order valence-corrected chi connectivity index (χ4v) is 4.22. The van der Waals surface area contributed by atoms with E-state index in [1.165, 1.54) is 18.0 Å². The van der Waals surface area contributed by atoms with Crippen molar-refractivity contribution in [3.63, 3.8) is 0 Å². The van der Waals surface area contributed by atoms with Gasteiger partial charge in [0.1, 0.15) is 0 Å². The number of carbonyl (C=O) groups is 2. The van der Waals surface area contributed by atoms with E-state index in [0.717, 1.165) is 44.7 Å². The Kier molecular flexibility index (Phi) is 6.74. The quantitative estimate of drug-likeness (QED) is 0.616. The number of nitrogens with zero attached hydrogens (tertiary/aromatic N) is 4. The molecule has 0 aromatic carbocycles. The number of likely N-dealkylation sites (tertiary alicyclic amines) is 1. The maximum Gasteiger partial charge on any atom is 0.290 e. The zero-order valence-electron chi connectivity index (χ0n) is 16.4. The number of pyridine rings is 2. The average molecular weight is 400 g/mol. The monoisotopic (exact) mass is 400 g/mol. The van der Waals surface area contributed by atoms with Crippen LogP contribution in [-0.2, 0) is 4.79 Å². The molecule has 7 nitrogen and oxygen atoms in total. The minimum Gasteiger partial charge on any atom is -0.483 e. The van der Waals surface area contributed by atoms with Gasteiger partial charge in [-0.2, -0.15) is 4.39 Å². The number of hydrogen-bond donors (Lipinski definition) is 1. The number of fused-ring (bicyclic) bond motifs is 1. The molecule has 2 fully saturated rings. The van der Waals surface area contributed by atoms with Crippen molar-refractivity contribution in [2.45, 2.75) is 19.8 Å². The molecule has 8 heteroatoms. The third-order valence-electron chi connectivity index (χ3n) is 5.62. The van der Waals surface area contributed by atoms with Crippen LogP contribution in [0.15, 0.2) is 36.7 Å². The van der Waals surface area contributed by atoms with Crippen molar-refractivity contribution in [3.05, 3.63) is 53.9 Å². The van der Waals surface area contributed by atoms with Crippen molar-refractivity contribution >= 4 is 18.1 Å². The van der Waals surface area contributed by atoms with Gasteiger partial charge in [0, 0.05) is 61.6 Å². The Bertz CT molecular complexity index is 847. The first-order valence-electron chi connectivity index (χ1n) is 9.68. The molecular weight excluding hydrogens is 375 g/mol. The van der Waals surface area contributed by atoms with E-state index in [9.17, 15) is 9.18 Å². The van der Waals surface area contributed by atoms with Crippen molar-refractivity contribution in [3.8, 4) is 0 Å². The molecule has 2 aromatic heterocycles. The molecule has 0 saturated carbocycles. The van der Waals surface area contributed by atoms with Crippen molar-refractivity contribution in [1.29, 1.82) is 0 Å². The highest BCUT2D eigenvalue weighted by molar-refractivity contribution is 5.94. The van der Waals surface area contributed by atoms with Crippen LogP contribution >= 0.6 is 0 Å². The summed E-state index contributed by atoms with van der Waals surface area (Å²) in [4.78, 5) is 33.1. The van der Waals surface area contributed by atoms with E-state index in [2.05, 4.69) is 27.0 Å². The molecule has 2 aromatic rings. The molecule has 1 amide bonds. The number of amides is 1. The summed E-state index contributed by atoms with van der Waals surface area (Å²) in [6.07, 6.45) is 5.36. The summed E-state index contributed by atoms with van der Waals surface area (Å²) in [5, 5.41) is 6.89. The van der Waals surface area contributed by atoms with Crippen LogP contribution in [0, 0.1) is 24.7 Å². The van der Waals surface area contributed by atoms with Crippen LogP contribution in [0.25, 0.3) is 0 Å². The molecule has 2 atom stereocenters. The number of halogens is 1. The molecule has 2 saturated heterocycles. The molecule has 0 aliphatic carbocycles. The van der Waals surface area contributed by atoms with Gasteiger partial charge in [-0.25, -0.2) is 4.98 Å². The van der Waals surface area contributed by atoms with Crippen LogP contribution in [0.2, 0.25) is 0 Å². The minimum absolute atomic E-state index is 0.0824. The van der Waals surface area contributed by atoms with Gasteiger partial charge >= 0.3 is 0 Å². The SMILES string of the molecule is Cc1cc(N2CC[C@@H]3CN(C(=O)c4ccnc(F)c4)C[C@@H]3CC2)ccn1.O=CO. The summed E-state index contributed by atoms with van der Waals surface area (Å²) >= 11 is 0. The predicted octanol–water partition coefficient (Wildman–Crippen LogP) is 2.61. The number of anilines is 1. The van der Waals surface area contributed by atoms with Crippen molar-refractivity contribution in [2.75, 3.05) is 31.1 Å². The van der Waals surface area contributed by atoms with Gasteiger partial charge in [-0.3, -0.25) is 14.6 Å². The smallest absolute Gasteiger partial charge is 0.290 e. The van der Waals surface area contributed by atoms with Crippen LogP contribution < -0.4 is 4.90 Å². The molecule has 0 radical (unpaired) electrons. The second-order valence-electron chi connectivity index (χ2n) is 7.42. The van der Waals surface area contributed by atoms with Gasteiger partial charge in [0.2, 0.25) is 5.95 Å². The molecule has 1 N–H and O–H groups in total. The lowest BCUT2D eigenvalue weighted by Gasteiger charge is -2.24. The fourth-order valence-electron chi connectivity index (χ4n) is 4.22. The molecular formula is C21H25FN4O3. The van der Waals surface area contributed by atoms with E-state index in [0.29, 0.717) is 17.4 Å². The standard InChI is InChI=1S/C20H23FN4O.CH2O2/c1-14-10-18(3-7-22-14)24-8-4-16-12-25(13-17(16)5-9-24)20(26)15-2-6-23-19(21)11-15;2-1-3/h2-3,6-7,10-11,16-17H,4-5,8-9,12-13H2,1H3;1H,(H,2,3)/t16-,17+;. The maximum absolute atomic E-state index is 13.3. The van der Waals surface area contributed by atoms with Crippen molar-refractivity contribution < 1.29 is 19.1 Å². The van der Waals surface area contributed by atoms with Gasteiger partial charge in [0.25, 0.3) is 12.4 Å². The Balaban J connectivity index is 0.000000755. The van der Waals surface area contributed by atoms with Crippen LogP contribution in [-0.4, -0.2) is 58.5 Å². The van der Waals surface area contributed by atoms with Crippen LogP contribution in [0.3, 0.4) is 0 Å². The molecule has 0 bridgehead atoms. The highest BCUT2D eigenvalue weighted by Gasteiger charge is 2.37. The first kappa shape index (κ1) is 20.7. The second kappa shape index (κ2) is 9.45. The van der Waals surface area contributed by atoms with Gasteiger partial charge in [-0.05, 0) is 49.8 Å². The van der Waals surface area contributed by atoms with E-state index >= 15 is 0 Å². The summed E-state index contributed by atoms with van der Waals surface area (Å²) in [5.41, 5.74) is 2.66. The van der Waals surface area contributed by atoms with Gasteiger partial charge in [-0.15, -0.1) is 0 Å². The zero-order valence-corrected chi connectivity index (χ0v) is 16.4. The lowest BCUT2D eigenvalue weighted by molar-refractivity contribution is -0.122. The van der Waals surface area contributed by atoms with Gasteiger partial charge < -0.3 is 14.9 Å². The van der Waals surface area contributed by atoms with E-state index in [-0.39, 0.29) is 12.4 Å². The van der Waals surface area contributed by atoms with Crippen LogP contribution in [0.4, 0.5) is 10.1 Å². The third-order valence-corrected chi connectivity index (χ3v) is 5.62. The number of rotatable bonds is 2. The Morgan fingerprint density at radius 2 is 1.76 bits per heavy atom.